The first-order chi connectivity index (χ1) is 9.40. The summed E-state index contributed by atoms with van der Waals surface area (Å²) in [6, 6.07) is 0. The summed E-state index contributed by atoms with van der Waals surface area (Å²) < 4.78 is 7.24. The molecule has 1 atom stereocenters. The monoisotopic (exact) mass is 281 g/mol. The molecule has 0 bridgehead atoms. The lowest BCUT2D eigenvalue weighted by atomic mass is 10.1. The second kappa shape index (κ2) is 5.52. The molecule has 7 nitrogen and oxygen atoms in total. The summed E-state index contributed by atoms with van der Waals surface area (Å²) in [5, 5.41) is 13.1. The van der Waals surface area contributed by atoms with E-state index < -0.39 is 11.9 Å². The van der Waals surface area contributed by atoms with E-state index in [-0.39, 0.29) is 19.1 Å². The Balaban J connectivity index is 1.91. The number of amides is 1. The van der Waals surface area contributed by atoms with Crippen molar-refractivity contribution >= 4 is 11.9 Å². The van der Waals surface area contributed by atoms with Crippen LogP contribution in [0.1, 0.15) is 17.8 Å². The zero-order valence-electron chi connectivity index (χ0n) is 11.9. The van der Waals surface area contributed by atoms with Crippen LogP contribution in [0.15, 0.2) is 0 Å². The van der Waals surface area contributed by atoms with Crippen molar-refractivity contribution in [1.82, 2.24) is 14.7 Å². The van der Waals surface area contributed by atoms with Crippen LogP contribution in [0.5, 0.6) is 5.75 Å². The summed E-state index contributed by atoms with van der Waals surface area (Å²) in [5.74, 6) is -0.868. The summed E-state index contributed by atoms with van der Waals surface area (Å²) in [6.07, 6.45) is 0.506. The second-order valence-corrected chi connectivity index (χ2v) is 5.08. The number of carboxylic acid groups (broad SMARTS) is 1. The number of aryl methyl sites for hydroxylation is 2. The van der Waals surface area contributed by atoms with Gasteiger partial charge < -0.3 is 14.7 Å². The van der Waals surface area contributed by atoms with Crippen molar-refractivity contribution in [1.29, 1.82) is 0 Å². The molecule has 0 unspecified atom stereocenters. The maximum absolute atomic E-state index is 12.0. The van der Waals surface area contributed by atoms with Crippen molar-refractivity contribution in [2.45, 2.75) is 20.3 Å². The topological polar surface area (TPSA) is 84.7 Å². The van der Waals surface area contributed by atoms with Gasteiger partial charge in [-0.25, -0.2) is 0 Å². The van der Waals surface area contributed by atoms with Crippen LogP contribution in [0.2, 0.25) is 0 Å². The Morgan fingerprint density at radius 3 is 2.65 bits per heavy atom. The van der Waals surface area contributed by atoms with Crippen LogP contribution in [0.25, 0.3) is 0 Å². The Labute approximate surface area is 117 Å². The van der Waals surface area contributed by atoms with E-state index in [9.17, 15) is 9.59 Å². The number of likely N-dealkylation sites (tertiary alicyclic amines) is 1. The molecule has 1 aromatic heterocycles. The van der Waals surface area contributed by atoms with E-state index in [0.717, 1.165) is 11.4 Å². The van der Waals surface area contributed by atoms with Gasteiger partial charge in [-0.15, -0.1) is 0 Å². The van der Waals surface area contributed by atoms with Crippen molar-refractivity contribution in [3.63, 3.8) is 0 Å². The molecular formula is C13H19N3O4. The van der Waals surface area contributed by atoms with Crippen molar-refractivity contribution in [2.75, 3.05) is 19.7 Å². The Kier molecular flexibility index (Phi) is 3.96. The van der Waals surface area contributed by atoms with Crippen LogP contribution in [0, 0.1) is 19.8 Å². The number of aromatic nitrogens is 2. The predicted octanol–water partition coefficient (Wildman–Crippen LogP) is 0.349. The minimum absolute atomic E-state index is 0.0836. The molecular weight excluding hydrogens is 262 g/mol. The maximum Gasteiger partial charge on any atom is 0.308 e. The van der Waals surface area contributed by atoms with Gasteiger partial charge in [-0.1, -0.05) is 0 Å². The fraction of sp³-hybridized carbons (Fsp3) is 0.615. The first kappa shape index (κ1) is 14.4. The number of aliphatic carboxylic acids is 1. The molecule has 1 saturated heterocycles. The van der Waals surface area contributed by atoms with Gasteiger partial charge in [-0.05, 0) is 20.3 Å². The van der Waals surface area contributed by atoms with Gasteiger partial charge >= 0.3 is 5.97 Å². The molecule has 0 aromatic carbocycles. The number of rotatable bonds is 4. The summed E-state index contributed by atoms with van der Waals surface area (Å²) >= 11 is 0. The van der Waals surface area contributed by atoms with E-state index >= 15 is 0 Å². The van der Waals surface area contributed by atoms with E-state index in [1.165, 1.54) is 0 Å². The minimum Gasteiger partial charge on any atom is -0.481 e. The van der Waals surface area contributed by atoms with E-state index in [1.54, 1.807) is 9.58 Å². The number of carbonyl (C=O) groups is 2. The summed E-state index contributed by atoms with van der Waals surface area (Å²) in [6.45, 7) is 4.35. The lowest BCUT2D eigenvalue weighted by molar-refractivity contribution is -0.141. The van der Waals surface area contributed by atoms with Gasteiger partial charge in [0.15, 0.2) is 12.4 Å². The third kappa shape index (κ3) is 2.76. The average Bonchev–Trinajstić information content (AvgIpc) is 2.95. The predicted molar refractivity (Wildman–Crippen MR) is 70.5 cm³/mol. The molecule has 1 amide bonds. The van der Waals surface area contributed by atoms with Gasteiger partial charge in [-0.2, -0.15) is 5.10 Å². The zero-order valence-corrected chi connectivity index (χ0v) is 11.9. The van der Waals surface area contributed by atoms with Crippen LogP contribution < -0.4 is 4.74 Å². The first-order valence-electron chi connectivity index (χ1n) is 6.53. The van der Waals surface area contributed by atoms with E-state index in [1.807, 2.05) is 20.9 Å². The number of ether oxygens (including phenoxy) is 1. The summed E-state index contributed by atoms with van der Waals surface area (Å²) in [7, 11) is 1.81. The van der Waals surface area contributed by atoms with Crippen LogP contribution >= 0.6 is 0 Å². The van der Waals surface area contributed by atoms with Crippen LogP contribution in [-0.2, 0) is 16.6 Å². The fourth-order valence-corrected chi connectivity index (χ4v) is 2.38. The normalized spacial score (nSPS) is 18.4. The number of carbonyl (C=O) groups excluding carboxylic acids is 1. The SMILES string of the molecule is Cc1nn(C)c(C)c1OCC(=O)N1CC[C@@H](C(=O)O)C1. The lowest BCUT2D eigenvalue weighted by Gasteiger charge is -2.16. The molecule has 1 aliphatic heterocycles. The third-order valence-electron chi connectivity index (χ3n) is 3.67. The smallest absolute Gasteiger partial charge is 0.308 e. The Bertz CT molecular complexity index is 538. The molecule has 0 saturated carbocycles. The molecule has 0 radical (unpaired) electrons. The number of hydrogen-bond donors (Lipinski definition) is 1. The summed E-state index contributed by atoms with van der Waals surface area (Å²) in [4.78, 5) is 24.4. The molecule has 1 fully saturated rings. The van der Waals surface area contributed by atoms with Gasteiger partial charge in [-0.3, -0.25) is 14.3 Å². The zero-order chi connectivity index (χ0) is 14.9. The standard InChI is InChI=1S/C13H19N3O4/c1-8-12(9(2)15(3)14-8)20-7-11(17)16-5-4-10(6-16)13(18)19/h10H,4-7H2,1-3H3,(H,18,19)/t10-/m1/s1. The molecule has 20 heavy (non-hydrogen) atoms. The van der Waals surface area contributed by atoms with Crippen LogP contribution in [-0.4, -0.2) is 51.4 Å². The highest BCUT2D eigenvalue weighted by Gasteiger charge is 2.31. The molecule has 2 rings (SSSR count). The Morgan fingerprint density at radius 1 is 1.45 bits per heavy atom. The van der Waals surface area contributed by atoms with E-state index in [4.69, 9.17) is 9.84 Å². The van der Waals surface area contributed by atoms with E-state index in [2.05, 4.69) is 5.10 Å². The number of hydrogen-bond acceptors (Lipinski definition) is 4. The lowest BCUT2D eigenvalue weighted by Crippen LogP contribution is -2.33. The fourth-order valence-electron chi connectivity index (χ4n) is 2.38. The quantitative estimate of drug-likeness (QED) is 0.860. The van der Waals surface area contributed by atoms with Crippen LogP contribution in [0.4, 0.5) is 0 Å². The molecule has 2 heterocycles. The maximum atomic E-state index is 12.0. The first-order valence-corrected chi connectivity index (χ1v) is 6.53. The highest BCUT2D eigenvalue weighted by atomic mass is 16.5. The Hall–Kier alpha value is -2.05. The van der Waals surface area contributed by atoms with Crippen molar-refractivity contribution in [3.05, 3.63) is 11.4 Å². The largest absolute Gasteiger partial charge is 0.481 e. The van der Waals surface area contributed by atoms with Crippen molar-refractivity contribution in [2.24, 2.45) is 13.0 Å². The van der Waals surface area contributed by atoms with Gasteiger partial charge in [0, 0.05) is 20.1 Å². The van der Waals surface area contributed by atoms with Gasteiger partial charge in [0.05, 0.1) is 11.6 Å². The molecule has 1 aromatic rings. The van der Waals surface area contributed by atoms with Crippen molar-refractivity contribution < 1.29 is 19.4 Å². The average molecular weight is 281 g/mol. The highest BCUT2D eigenvalue weighted by molar-refractivity contribution is 5.80. The van der Waals surface area contributed by atoms with Gasteiger partial charge in [0.25, 0.3) is 5.91 Å². The van der Waals surface area contributed by atoms with Gasteiger partial charge in [0.1, 0.15) is 5.69 Å². The number of carboxylic acids is 1. The minimum atomic E-state index is -0.847. The third-order valence-corrected chi connectivity index (χ3v) is 3.67. The molecule has 1 N–H and O–H groups in total. The summed E-state index contributed by atoms with van der Waals surface area (Å²) in [5.41, 5.74) is 1.60. The van der Waals surface area contributed by atoms with Crippen molar-refractivity contribution in [3.8, 4) is 5.75 Å². The van der Waals surface area contributed by atoms with Gasteiger partial charge in [0.2, 0.25) is 0 Å². The molecule has 0 aliphatic carbocycles. The molecule has 0 spiro atoms. The molecule has 7 heteroatoms. The second-order valence-electron chi connectivity index (χ2n) is 5.08. The molecule has 1 aliphatic rings. The number of nitrogens with zero attached hydrogens (tertiary/aromatic N) is 3. The highest BCUT2D eigenvalue weighted by Crippen LogP contribution is 2.22. The Morgan fingerprint density at radius 2 is 2.15 bits per heavy atom. The van der Waals surface area contributed by atoms with E-state index in [0.29, 0.717) is 18.7 Å². The molecule has 110 valence electrons. The van der Waals surface area contributed by atoms with Crippen LogP contribution in [0.3, 0.4) is 0 Å².